The predicted molar refractivity (Wildman–Crippen MR) is 57.0 cm³/mol. The van der Waals surface area contributed by atoms with E-state index in [0.29, 0.717) is 24.2 Å². The number of aliphatic hydroxyl groups is 2. The number of ether oxygens (including phenoxy) is 1. The Kier molecular flexibility index (Phi) is 3.12. The number of halogens is 1. The van der Waals surface area contributed by atoms with Crippen molar-refractivity contribution in [2.24, 2.45) is 0 Å². The van der Waals surface area contributed by atoms with Crippen LogP contribution in [0.25, 0.3) is 0 Å². The zero-order chi connectivity index (χ0) is 11.7. The van der Waals surface area contributed by atoms with Crippen LogP contribution in [0.5, 0.6) is 5.75 Å². The van der Waals surface area contributed by atoms with Crippen LogP contribution in [0.1, 0.15) is 17.5 Å². The van der Waals surface area contributed by atoms with Crippen molar-refractivity contribution >= 4 is 0 Å². The molecule has 3 nitrogen and oxygen atoms in total. The molecule has 4 heteroatoms. The Bertz CT molecular complexity index is 392. The molecule has 0 aliphatic carbocycles. The fraction of sp³-hybridized carbons (Fsp3) is 0.500. The van der Waals surface area contributed by atoms with Crippen molar-refractivity contribution in [2.75, 3.05) is 6.61 Å². The van der Waals surface area contributed by atoms with Crippen LogP contribution in [-0.4, -0.2) is 29.0 Å². The molecule has 1 aliphatic heterocycles. The van der Waals surface area contributed by atoms with E-state index in [2.05, 4.69) is 0 Å². The standard InChI is InChI=1S/C12H15FO3/c1-7-4-12-8(5-9(7)13)2-3-11(16-12)10(15)6-14/h4-5,10-11,14-15H,2-3,6H2,1H3/t10-,11?/m0/s1. The summed E-state index contributed by atoms with van der Waals surface area (Å²) in [5.41, 5.74) is 1.35. The van der Waals surface area contributed by atoms with Crippen molar-refractivity contribution in [1.82, 2.24) is 0 Å². The third-order valence-electron chi connectivity index (χ3n) is 2.93. The highest BCUT2D eigenvalue weighted by molar-refractivity contribution is 5.39. The highest BCUT2D eigenvalue weighted by Gasteiger charge is 2.26. The van der Waals surface area contributed by atoms with E-state index in [0.717, 1.165) is 5.56 Å². The number of hydrogen-bond donors (Lipinski definition) is 2. The third-order valence-corrected chi connectivity index (χ3v) is 2.93. The van der Waals surface area contributed by atoms with Crippen LogP contribution in [0.4, 0.5) is 4.39 Å². The highest BCUT2D eigenvalue weighted by Crippen LogP contribution is 2.30. The van der Waals surface area contributed by atoms with Crippen molar-refractivity contribution in [3.63, 3.8) is 0 Å². The van der Waals surface area contributed by atoms with Gasteiger partial charge >= 0.3 is 0 Å². The van der Waals surface area contributed by atoms with Crippen LogP contribution in [0.3, 0.4) is 0 Å². The predicted octanol–water partition coefficient (Wildman–Crippen LogP) is 1.18. The van der Waals surface area contributed by atoms with E-state index in [1.807, 2.05) is 0 Å². The summed E-state index contributed by atoms with van der Waals surface area (Å²) in [5.74, 6) is 0.381. The molecule has 1 aromatic rings. The van der Waals surface area contributed by atoms with Gasteiger partial charge in [-0.15, -0.1) is 0 Å². The van der Waals surface area contributed by atoms with Crippen LogP contribution in [0, 0.1) is 12.7 Å². The van der Waals surface area contributed by atoms with E-state index in [1.54, 1.807) is 13.0 Å². The minimum absolute atomic E-state index is 0.233. The molecule has 1 unspecified atom stereocenters. The molecule has 0 amide bonds. The SMILES string of the molecule is Cc1cc2c(cc1F)CCC([C@@H](O)CO)O2. The molecule has 0 saturated heterocycles. The van der Waals surface area contributed by atoms with Crippen LogP contribution in [0.15, 0.2) is 12.1 Å². The first-order valence-corrected chi connectivity index (χ1v) is 5.36. The second-order valence-electron chi connectivity index (χ2n) is 4.15. The van der Waals surface area contributed by atoms with Crippen LogP contribution in [0.2, 0.25) is 0 Å². The van der Waals surface area contributed by atoms with Gasteiger partial charge in [0.05, 0.1) is 6.61 Å². The van der Waals surface area contributed by atoms with Gasteiger partial charge in [0.15, 0.2) is 0 Å². The van der Waals surface area contributed by atoms with Crippen molar-refractivity contribution in [3.05, 3.63) is 29.1 Å². The fourth-order valence-electron chi connectivity index (χ4n) is 1.91. The van der Waals surface area contributed by atoms with Gasteiger partial charge in [0.2, 0.25) is 0 Å². The Labute approximate surface area is 93.5 Å². The molecule has 88 valence electrons. The summed E-state index contributed by atoms with van der Waals surface area (Å²) < 4.78 is 18.8. The Hall–Kier alpha value is -1.13. The van der Waals surface area contributed by atoms with E-state index >= 15 is 0 Å². The van der Waals surface area contributed by atoms with Crippen LogP contribution < -0.4 is 4.74 Å². The molecule has 2 rings (SSSR count). The lowest BCUT2D eigenvalue weighted by Gasteiger charge is -2.29. The summed E-state index contributed by atoms with van der Waals surface area (Å²) in [6, 6.07) is 3.12. The Morgan fingerprint density at radius 3 is 3.00 bits per heavy atom. The minimum Gasteiger partial charge on any atom is -0.487 e. The van der Waals surface area contributed by atoms with Crippen molar-refractivity contribution in [1.29, 1.82) is 0 Å². The monoisotopic (exact) mass is 226 g/mol. The summed E-state index contributed by atoms with van der Waals surface area (Å²) in [6.45, 7) is 1.35. The van der Waals surface area contributed by atoms with Gasteiger partial charge in [0.25, 0.3) is 0 Å². The Morgan fingerprint density at radius 2 is 2.31 bits per heavy atom. The number of aryl methyl sites for hydroxylation is 2. The second-order valence-corrected chi connectivity index (χ2v) is 4.15. The maximum atomic E-state index is 13.3. The molecule has 0 bridgehead atoms. The van der Waals surface area contributed by atoms with Gasteiger partial charge in [-0.3, -0.25) is 0 Å². The van der Waals surface area contributed by atoms with Gasteiger partial charge in [0.1, 0.15) is 23.8 Å². The van der Waals surface area contributed by atoms with E-state index in [-0.39, 0.29) is 12.4 Å². The summed E-state index contributed by atoms with van der Waals surface area (Å²) in [5, 5.41) is 18.3. The highest BCUT2D eigenvalue weighted by atomic mass is 19.1. The molecule has 0 fully saturated rings. The first-order chi connectivity index (χ1) is 7.61. The first-order valence-electron chi connectivity index (χ1n) is 5.36. The van der Waals surface area contributed by atoms with Crippen molar-refractivity contribution in [3.8, 4) is 5.75 Å². The lowest BCUT2D eigenvalue weighted by Crippen LogP contribution is -2.37. The maximum absolute atomic E-state index is 13.3. The molecule has 1 aromatic carbocycles. The number of benzene rings is 1. The third kappa shape index (κ3) is 2.03. The largest absolute Gasteiger partial charge is 0.487 e. The van der Waals surface area contributed by atoms with Gasteiger partial charge in [-0.25, -0.2) is 4.39 Å². The molecule has 0 spiro atoms. The summed E-state index contributed by atoms with van der Waals surface area (Å²) >= 11 is 0. The van der Waals surface area contributed by atoms with E-state index in [4.69, 9.17) is 9.84 Å². The minimum atomic E-state index is -0.876. The maximum Gasteiger partial charge on any atom is 0.127 e. The average molecular weight is 226 g/mol. The molecule has 0 aromatic heterocycles. The van der Waals surface area contributed by atoms with Crippen LogP contribution in [-0.2, 0) is 6.42 Å². The summed E-state index contributed by atoms with van der Waals surface area (Å²) in [4.78, 5) is 0. The first kappa shape index (κ1) is 11.4. The topological polar surface area (TPSA) is 49.7 Å². The Balaban J connectivity index is 2.23. The van der Waals surface area contributed by atoms with E-state index < -0.39 is 12.2 Å². The molecule has 0 radical (unpaired) electrons. The van der Waals surface area contributed by atoms with Gasteiger partial charge in [0, 0.05) is 0 Å². The normalized spacial score (nSPS) is 21.1. The molecule has 1 heterocycles. The number of aliphatic hydroxyl groups excluding tert-OH is 2. The number of rotatable bonds is 2. The number of fused-ring (bicyclic) bond motifs is 1. The zero-order valence-electron chi connectivity index (χ0n) is 9.11. The van der Waals surface area contributed by atoms with Gasteiger partial charge in [-0.2, -0.15) is 0 Å². The summed E-state index contributed by atoms with van der Waals surface area (Å²) in [7, 11) is 0. The van der Waals surface area contributed by atoms with E-state index in [1.165, 1.54) is 6.07 Å². The quantitative estimate of drug-likeness (QED) is 0.796. The molecule has 16 heavy (non-hydrogen) atoms. The Morgan fingerprint density at radius 1 is 1.56 bits per heavy atom. The lowest BCUT2D eigenvalue weighted by atomic mass is 9.98. The lowest BCUT2D eigenvalue weighted by molar-refractivity contribution is -0.00968. The van der Waals surface area contributed by atoms with Gasteiger partial charge in [-0.1, -0.05) is 0 Å². The fourth-order valence-corrected chi connectivity index (χ4v) is 1.91. The molecular formula is C12H15FO3. The molecule has 2 N–H and O–H groups in total. The molecule has 0 saturated carbocycles. The van der Waals surface area contributed by atoms with Crippen molar-refractivity contribution < 1.29 is 19.3 Å². The van der Waals surface area contributed by atoms with E-state index in [9.17, 15) is 9.50 Å². The molecular weight excluding hydrogens is 211 g/mol. The van der Waals surface area contributed by atoms with Crippen molar-refractivity contribution in [2.45, 2.75) is 32.0 Å². The number of hydrogen-bond acceptors (Lipinski definition) is 3. The zero-order valence-corrected chi connectivity index (χ0v) is 9.11. The summed E-state index contributed by atoms with van der Waals surface area (Å²) in [6.07, 6.45) is -0.0215. The second kappa shape index (κ2) is 4.39. The average Bonchev–Trinajstić information content (AvgIpc) is 2.29. The van der Waals surface area contributed by atoms with Gasteiger partial charge < -0.3 is 14.9 Å². The van der Waals surface area contributed by atoms with Crippen LogP contribution >= 0.6 is 0 Å². The molecule has 1 aliphatic rings. The smallest absolute Gasteiger partial charge is 0.127 e. The molecule has 2 atom stereocenters. The van der Waals surface area contributed by atoms with Gasteiger partial charge in [-0.05, 0) is 43.0 Å².